The zero-order valence-electron chi connectivity index (χ0n) is 9.05. The molecule has 2 N–H and O–H groups in total. The number of hydrogen-bond donors (Lipinski definition) is 1. The van der Waals surface area contributed by atoms with Crippen molar-refractivity contribution in [1.29, 1.82) is 0 Å². The molecule has 0 fully saturated rings. The summed E-state index contributed by atoms with van der Waals surface area (Å²) in [6.45, 7) is 7.13. The Bertz CT molecular complexity index is 305. The Balaban J connectivity index is 2.91. The summed E-state index contributed by atoms with van der Waals surface area (Å²) in [5.74, 6) is 0.927. The third-order valence-electron chi connectivity index (χ3n) is 2.23. The number of hydrogen-bond acceptors (Lipinski definition) is 2. The van der Waals surface area contributed by atoms with Gasteiger partial charge in [0.1, 0.15) is 10.8 Å². The van der Waals surface area contributed by atoms with Crippen LogP contribution in [0.2, 0.25) is 5.02 Å². The zero-order valence-corrected chi connectivity index (χ0v) is 9.80. The number of halogens is 1. The van der Waals surface area contributed by atoms with E-state index in [-0.39, 0.29) is 0 Å². The summed E-state index contributed by atoms with van der Waals surface area (Å²) in [4.78, 5) is 0. The predicted molar refractivity (Wildman–Crippen MR) is 60.6 cm³/mol. The lowest BCUT2D eigenvalue weighted by molar-refractivity contribution is 0.567. The second-order valence-electron chi connectivity index (χ2n) is 3.82. The highest BCUT2D eigenvalue weighted by molar-refractivity contribution is 6.33. The van der Waals surface area contributed by atoms with Gasteiger partial charge in [-0.3, -0.25) is 0 Å². The first-order chi connectivity index (χ1) is 6.57. The van der Waals surface area contributed by atoms with Crippen LogP contribution in [0.3, 0.4) is 0 Å². The van der Waals surface area contributed by atoms with Crippen LogP contribution in [0.5, 0.6) is 0 Å². The second-order valence-corrected chi connectivity index (χ2v) is 4.19. The van der Waals surface area contributed by atoms with Gasteiger partial charge in [0.2, 0.25) is 0 Å². The molecule has 0 amide bonds. The SMILES string of the molecule is CCCCn1nc(C(C)C)c(Cl)c1N. The van der Waals surface area contributed by atoms with Crippen LogP contribution in [0.15, 0.2) is 0 Å². The number of aromatic nitrogens is 2. The van der Waals surface area contributed by atoms with Crippen LogP contribution in [0, 0.1) is 0 Å². The number of aryl methyl sites for hydroxylation is 1. The molecule has 0 aliphatic rings. The van der Waals surface area contributed by atoms with E-state index in [4.69, 9.17) is 17.3 Å². The van der Waals surface area contributed by atoms with Gasteiger partial charge in [0.25, 0.3) is 0 Å². The number of anilines is 1. The maximum atomic E-state index is 6.08. The molecule has 1 aromatic heterocycles. The molecule has 4 heteroatoms. The van der Waals surface area contributed by atoms with Crippen molar-refractivity contribution in [2.75, 3.05) is 5.73 Å². The van der Waals surface area contributed by atoms with Gasteiger partial charge >= 0.3 is 0 Å². The van der Waals surface area contributed by atoms with Crippen LogP contribution >= 0.6 is 11.6 Å². The first kappa shape index (κ1) is 11.4. The molecule has 0 bridgehead atoms. The molecule has 3 nitrogen and oxygen atoms in total. The van der Waals surface area contributed by atoms with Gasteiger partial charge in [-0.1, -0.05) is 38.8 Å². The van der Waals surface area contributed by atoms with Crippen molar-refractivity contribution >= 4 is 17.4 Å². The number of rotatable bonds is 4. The van der Waals surface area contributed by atoms with E-state index in [0.717, 1.165) is 25.1 Å². The largest absolute Gasteiger partial charge is 0.383 e. The summed E-state index contributed by atoms with van der Waals surface area (Å²) in [6, 6.07) is 0. The number of nitrogens with zero attached hydrogens (tertiary/aromatic N) is 2. The standard InChI is InChI=1S/C10H18ClN3/c1-4-5-6-14-10(12)8(11)9(13-14)7(2)3/h7H,4-6,12H2,1-3H3. The van der Waals surface area contributed by atoms with Crippen molar-refractivity contribution < 1.29 is 0 Å². The molecule has 1 aromatic rings. The number of unbranched alkanes of at least 4 members (excludes halogenated alkanes) is 1. The average Bonchev–Trinajstić information content (AvgIpc) is 2.42. The number of nitrogens with two attached hydrogens (primary N) is 1. The molecule has 14 heavy (non-hydrogen) atoms. The molecule has 0 atom stereocenters. The van der Waals surface area contributed by atoms with Crippen molar-refractivity contribution in [3.05, 3.63) is 10.7 Å². The molecule has 1 rings (SSSR count). The number of nitrogen functional groups attached to an aromatic ring is 1. The van der Waals surface area contributed by atoms with Crippen LogP contribution in [-0.4, -0.2) is 9.78 Å². The Morgan fingerprint density at radius 1 is 1.50 bits per heavy atom. The van der Waals surface area contributed by atoms with Crippen LogP contribution < -0.4 is 5.73 Å². The fraction of sp³-hybridized carbons (Fsp3) is 0.700. The Kier molecular flexibility index (Phi) is 3.81. The van der Waals surface area contributed by atoms with E-state index in [9.17, 15) is 0 Å². The highest BCUT2D eigenvalue weighted by Crippen LogP contribution is 2.28. The Hall–Kier alpha value is -0.700. The molecule has 0 radical (unpaired) electrons. The Morgan fingerprint density at radius 3 is 2.57 bits per heavy atom. The zero-order chi connectivity index (χ0) is 10.7. The lowest BCUT2D eigenvalue weighted by Gasteiger charge is -2.01. The minimum atomic E-state index is 0.327. The van der Waals surface area contributed by atoms with E-state index in [0.29, 0.717) is 16.8 Å². The van der Waals surface area contributed by atoms with E-state index in [1.807, 2.05) is 0 Å². The van der Waals surface area contributed by atoms with Crippen LogP contribution in [-0.2, 0) is 6.54 Å². The van der Waals surface area contributed by atoms with E-state index < -0.39 is 0 Å². The van der Waals surface area contributed by atoms with E-state index in [2.05, 4.69) is 25.9 Å². The van der Waals surface area contributed by atoms with Gasteiger partial charge in [0.05, 0.1) is 5.69 Å². The highest BCUT2D eigenvalue weighted by atomic mass is 35.5. The van der Waals surface area contributed by atoms with Gasteiger partial charge < -0.3 is 5.73 Å². The molecule has 0 unspecified atom stereocenters. The fourth-order valence-corrected chi connectivity index (χ4v) is 1.67. The van der Waals surface area contributed by atoms with Gasteiger partial charge in [-0.2, -0.15) is 5.10 Å². The molecule has 0 spiro atoms. The Labute approximate surface area is 90.2 Å². The van der Waals surface area contributed by atoms with E-state index in [1.165, 1.54) is 0 Å². The lowest BCUT2D eigenvalue weighted by Crippen LogP contribution is -2.04. The highest BCUT2D eigenvalue weighted by Gasteiger charge is 2.15. The monoisotopic (exact) mass is 215 g/mol. The molecule has 0 aliphatic heterocycles. The Morgan fingerprint density at radius 2 is 2.14 bits per heavy atom. The third kappa shape index (κ3) is 2.21. The maximum Gasteiger partial charge on any atom is 0.140 e. The normalized spacial score (nSPS) is 11.2. The van der Waals surface area contributed by atoms with Crippen LogP contribution in [0.25, 0.3) is 0 Å². The summed E-state index contributed by atoms with van der Waals surface area (Å²) in [5, 5.41) is 5.03. The fourth-order valence-electron chi connectivity index (χ4n) is 1.32. The molecule has 0 saturated carbocycles. The van der Waals surface area contributed by atoms with Crippen molar-refractivity contribution in [2.45, 2.75) is 46.1 Å². The van der Waals surface area contributed by atoms with Gasteiger partial charge in [-0.15, -0.1) is 0 Å². The van der Waals surface area contributed by atoms with Gasteiger partial charge in [-0.25, -0.2) is 4.68 Å². The van der Waals surface area contributed by atoms with Crippen molar-refractivity contribution in [1.82, 2.24) is 9.78 Å². The summed E-state index contributed by atoms with van der Waals surface area (Å²) in [7, 11) is 0. The summed E-state index contributed by atoms with van der Waals surface area (Å²) in [6.07, 6.45) is 2.22. The summed E-state index contributed by atoms with van der Waals surface area (Å²) >= 11 is 6.08. The first-order valence-corrected chi connectivity index (χ1v) is 5.47. The minimum Gasteiger partial charge on any atom is -0.383 e. The molecule has 1 heterocycles. The van der Waals surface area contributed by atoms with Gasteiger partial charge in [0.15, 0.2) is 0 Å². The van der Waals surface area contributed by atoms with Gasteiger partial charge in [-0.05, 0) is 12.3 Å². The molecule has 80 valence electrons. The predicted octanol–water partition coefficient (Wildman–Crippen LogP) is 3.04. The topological polar surface area (TPSA) is 43.8 Å². The molecule has 0 saturated heterocycles. The van der Waals surface area contributed by atoms with Crippen molar-refractivity contribution in [3.8, 4) is 0 Å². The maximum absolute atomic E-state index is 6.08. The molecular weight excluding hydrogens is 198 g/mol. The summed E-state index contributed by atoms with van der Waals surface area (Å²) < 4.78 is 1.81. The average molecular weight is 216 g/mol. The second kappa shape index (κ2) is 4.69. The van der Waals surface area contributed by atoms with Crippen LogP contribution in [0.4, 0.5) is 5.82 Å². The molecular formula is C10H18ClN3. The van der Waals surface area contributed by atoms with E-state index >= 15 is 0 Å². The van der Waals surface area contributed by atoms with Crippen molar-refractivity contribution in [2.24, 2.45) is 0 Å². The molecule has 0 aliphatic carbocycles. The quantitative estimate of drug-likeness (QED) is 0.839. The van der Waals surface area contributed by atoms with Gasteiger partial charge in [0, 0.05) is 6.54 Å². The van der Waals surface area contributed by atoms with Crippen molar-refractivity contribution in [3.63, 3.8) is 0 Å². The summed E-state index contributed by atoms with van der Waals surface area (Å²) in [5.41, 5.74) is 6.75. The third-order valence-corrected chi connectivity index (χ3v) is 2.61. The van der Waals surface area contributed by atoms with Crippen LogP contribution in [0.1, 0.15) is 45.2 Å². The first-order valence-electron chi connectivity index (χ1n) is 5.09. The van der Waals surface area contributed by atoms with E-state index in [1.54, 1.807) is 4.68 Å². The smallest absolute Gasteiger partial charge is 0.140 e. The molecule has 0 aromatic carbocycles. The minimum absolute atomic E-state index is 0.327. The lowest BCUT2D eigenvalue weighted by atomic mass is 10.1.